The van der Waals surface area contributed by atoms with Crippen molar-refractivity contribution < 1.29 is 14.3 Å². The maximum atomic E-state index is 11.6. The second-order valence-electron chi connectivity index (χ2n) is 4.71. The molecule has 1 aromatic carbocycles. The van der Waals surface area contributed by atoms with Crippen LogP contribution in [0.1, 0.15) is 29.3 Å². The van der Waals surface area contributed by atoms with Crippen LogP contribution in [0.25, 0.3) is 0 Å². The molecule has 5 nitrogen and oxygen atoms in total. The first-order chi connectivity index (χ1) is 9.56. The molecule has 1 rings (SSSR count). The maximum absolute atomic E-state index is 11.6. The van der Waals surface area contributed by atoms with Crippen molar-refractivity contribution in [1.82, 2.24) is 10.2 Å². The minimum Gasteiger partial charge on any atom is -0.465 e. The molecule has 0 aliphatic rings. The lowest BCUT2D eigenvalue weighted by Crippen LogP contribution is -2.35. The zero-order valence-electron chi connectivity index (χ0n) is 12.3. The third-order valence-electron chi connectivity index (χ3n) is 2.81. The number of ether oxygens (including phenoxy) is 1. The molecule has 0 fully saturated rings. The first kappa shape index (κ1) is 16.2. The van der Waals surface area contributed by atoms with Gasteiger partial charge in [0.2, 0.25) is 5.91 Å². The van der Waals surface area contributed by atoms with E-state index < -0.39 is 0 Å². The molecule has 0 heterocycles. The van der Waals surface area contributed by atoms with Crippen LogP contribution in [0.4, 0.5) is 0 Å². The van der Waals surface area contributed by atoms with Crippen molar-refractivity contribution in [3.05, 3.63) is 35.4 Å². The molecule has 5 heteroatoms. The lowest BCUT2D eigenvalue weighted by molar-refractivity contribution is -0.122. The van der Waals surface area contributed by atoms with Gasteiger partial charge in [0.25, 0.3) is 0 Å². The van der Waals surface area contributed by atoms with Crippen molar-refractivity contribution in [2.75, 3.05) is 27.2 Å². The molecule has 0 aliphatic carbocycles. The monoisotopic (exact) mass is 278 g/mol. The van der Waals surface area contributed by atoms with Crippen molar-refractivity contribution in [1.29, 1.82) is 0 Å². The van der Waals surface area contributed by atoms with Crippen LogP contribution in [-0.4, -0.2) is 44.0 Å². The average Bonchev–Trinajstić information content (AvgIpc) is 2.45. The van der Waals surface area contributed by atoms with E-state index in [1.165, 1.54) is 7.11 Å². The third kappa shape index (κ3) is 5.40. The molecule has 0 unspecified atom stereocenters. The van der Waals surface area contributed by atoms with E-state index in [0.29, 0.717) is 25.2 Å². The van der Waals surface area contributed by atoms with Gasteiger partial charge in [0.15, 0.2) is 0 Å². The summed E-state index contributed by atoms with van der Waals surface area (Å²) in [5.74, 6) is -0.315. The Hall–Kier alpha value is -1.88. The highest BCUT2D eigenvalue weighted by Gasteiger charge is 2.08. The first-order valence-electron chi connectivity index (χ1n) is 6.69. The number of hydrogen-bond acceptors (Lipinski definition) is 4. The fraction of sp³-hybridized carbons (Fsp3) is 0.467. The number of carbonyl (C=O) groups excluding carboxylic acids is 2. The molecule has 0 saturated heterocycles. The minimum atomic E-state index is -0.344. The number of carbonyl (C=O) groups is 2. The summed E-state index contributed by atoms with van der Waals surface area (Å²) < 4.78 is 4.65. The largest absolute Gasteiger partial charge is 0.465 e. The second-order valence-corrected chi connectivity index (χ2v) is 4.71. The van der Waals surface area contributed by atoms with Gasteiger partial charge in [-0.2, -0.15) is 0 Å². The molecule has 1 aromatic rings. The second kappa shape index (κ2) is 8.32. The molecular formula is C15H22N2O3. The first-order valence-corrected chi connectivity index (χ1v) is 6.69. The van der Waals surface area contributed by atoms with Crippen molar-refractivity contribution >= 4 is 11.9 Å². The van der Waals surface area contributed by atoms with Gasteiger partial charge in [-0.25, -0.2) is 4.79 Å². The van der Waals surface area contributed by atoms with Gasteiger partial charge in [-0.1, -0.05) is 19.1 Å². The van der Waals surface area contributed by atoms with Gasteiger partial charge >= 0.3 is 5.97 Å². The zero-order chi connectivity index (χ0) is 15.0. The number of nitrogens with zero attached hydrogens (tertiary/aromatic N) is 1. The van der Waals surface area contributed by atoms with Gasteiger partial charge < -0.3 is 10.1 Å². The molecule has 1 N–H and O–H groups in total. The smallest absolute Gasteiger partial charge is 0.337 e. The van der Waals surface area contributed by atoms with Crippen LogP contribution in [0, 0.1) is 0 Å². The lowest BCUT2D eigenvalue weighted by Gasteiger charge is -2.16. The molecule has 0 aromatic heterocycles. The summed E-state index contributed by atoms with van der Waals surface area (Å²) in [6.45, 7) is 3.74. The van der Waals surface area contributed by atoms with Crippen LogP contribution in [0.2, 0.25) is 0 Å². The predicted octanol–water partition coefficient (Wildman–Crippen LogP) is 1.43. The summed E-state index contributed by atoms with van der Waals surface area (Å²) in [4.78, 5) is 24.8. The fourth-order valence-electron chi connectivity index (χ4n) is 1.80. The van der Waals surface area contributed by atoms with Gasteiger partial charge in [-0.05, 0) is 31.2 Å². The van der Waals surface area contributed by atoms with E-state index in [2.05, 4.69) is 10.1 Å². The number of likely N-dealkylation sites (N-methyl/N-ethyl adjacent to an activating group) is 1. The summed E-state index contributed by atoms with van der Waals surface area (Å²) in [5, 5.41) is 2.84. The lowest BCUT2D eigenvalue weighted by atomic mass is 10.1. The van der Waals surface area contributed by atoms with Gasteiger partial charge in [-0.3, -0.25) is 9.69 Å². The third-order valence-corrected chi connectivity index (χ3v) is 2.81. The van der Waals surface area contributed by atoms with E-state index in [1.807, 2.05) is 31.0 Å². The van der Waals surface area contributed by atoms with Crippen LogP contribution in [0.3, 0.4) is 0 Å². The number of rotatable bonds is 7. The fourth-order valence-corrected chi connectivity index (χ4v) is 1.80. The quantitative estimate of drug-likeness (QED) is 0.767. The van der Waals surface area contributed by atoms with E-state index >= 15 is 0 Å². The predicted molar refractivity (Wildman–Crippen MR) is 77.4 cm³/mol. The normalized spacial score (nSPS) is 10.4. The van der Waals surface area contributed by atoms with Crippen LogP contribution < -0.4 is 5.32 Å². The standard InChI is InChI=1S/C15H22N2O3/c1-4-9-16-14(18)11-17(2)10-12-5-7-13(8-6-12)15(19)20-3/h5-8H,4,9-11H2,1-3H3,(H,16,18). The number of benzene rings is 1. The van der Waals surface area contributed by atoms with Gasteiger partial charge in [0.05, 0.1) is 19.2 Å². The Morgan fingerprint density at radius 1 is 1.25 bits per heavy atom. The molecule has 0 radical (unpaired) electrons. The Labute approximate surface area is 119 Å². The summed E-state index contributed by atoms with van der Waals surface area (Å²) in [7, 11) is 3.25. The van der Waals surface area contributed by atoms with Gasteiger partial charge in [0.1, 0.15) is 0 Å². The summed E-state index contributed by atoms with van der Waals surface area (Å²) in [6.07, 6.45) is 0.935. The molecule has 110 valence electrons. The zero-order valence-corrected chi connectivity index (χ0v) is 12.3. The van der Waals surface area contributed by atoms with Crippen molar-refractivity contribution in [3.63, 3.8) is 0 Å². The highest BCUT2D eigenvalue weighted by atomic mass is 16.5. The van der Waals surface area contributed by atoms with Gasteiger partial charge in [0, 0.05) is 13.1 Å². The van der Waals surface area contributed by atoms with Crippen molar-refractivity contribution in [3.8, 4) is 0 Å². The Kier molecular flexibility index (Phi) is 6.73. The van der Waals surface area contributed by atoms with E-state index in [0.717, 1.165) is 12.0 Å². The molecule has 0 spiro atoms. The molecule has 0 aliphatic heterocycles. The maximum Gasteiger partial charge on any atom is 0.337 e. The van der Waals surface area contributed by atoms with Crippen LogP contribution in [0.5, 0.6) is 0 Å². The van der Waals surface area contributed by atoms with Gasteiger partial charge in [-0.15, -0.1) is 0 Å². The Balaban J connectivity index is 2.47. The van der Waals surface area contributed by atoms with E-state index in [4.69, 9.17) is 0 Å². The average molecular weight is 278 g/mol. The highest BCUT2D eigenvalue weighted by Crippen LogP contribution is 2.07. The molecule has 0 saturated carbocycles. The van der Waals surface area contributed by atoms with Crippen LogP contribution >= 0.6 is 0 Å². The molecule has 0 atom stereocenters. The number of amides is 1. The molecular weight excluding hydrogens is 256 g/mol. The number of methoxy groups -OCH3 is 1. The number of hydrogen-bond donors (Lipinski definition) is 1. The van der Waals surface area contributed by atoms with Crippen LogP contribution in [-0.2, 0) is 16.1 Å². The molecule has 1 amide bonds. The van der Waals surface area contributed by atoms with E-state index in [1.54, 1.807) is 12.1 Å². The van der Waals surface area contributed by atoms with E-state index in [-0.39, 0.29) is 11.9 Å². The Morgan fingerprint density at radius 2 is 1.90 bits per heavy atom. The Morgan fingerprint density at radius 3 is 2.45 bits per heavy atom. The van der Waals surface area contributed by atoms with Crippen LogP contribution in [0.15, 0.2) is 24.3 Å². The molecule has 0 bridgehead atoms. The van der Waals surface area contributed by atoms with E-state index in [9.17, 15) is 9.59 Å². The number of nitrogens with one attached hydrogen (secondary N) is 1. The molecule has 20 heavy (non-hydrogen) atoms. The highest BCUT2D eigenvalue weighted by molar-refractivity contribution is 5.89. The summed E-state index contributed by atoms with van der Waals surface area (Å²) in [5.41, 5.74) is 1.57. The summed E-state index contributed by atoms with van der Waals surface area (Å²) in [6, 6.07) is 7.19. The van der Waals surface area contributed by atoms with Crippen molar-refractivity contribution in [2.45, 2.75) is 19.9 Å². The summed E-state index contributed by atoms with van der Waals surface area (Å²) >= 11 is 0. The van der Waals surface area contributed by atoms with Crippen molar-refractivity contribution in [2.24, 2.45) is 0 Å². The SMILES string of the molecule is CCCNC(=O)CN(C)Cc1ccc(C(=O)OC)cc1. The topological polar surface area (TPSA) is 58.6 Å². The minimum absolute atomic E-state index is 0.0283. The Bertz CT molecular complexity index is 443. The number of esters is 1.